The van der Waals surface area contributed by atoms with Gasteiger partial charge in [0.1, 0.15) is 18.2 Å². The summed E-state index contributed by atoms with van der Waals surface area (Å²) >= 11 is 0. The average Bonchev–Trinajstić information content (AvgIpc) is 3.31. The number of amides is 1. The zero-order valence-electron chi connectivity index (χ0n) is 24.3. The van der Waals surface area contributed by atoms with E-state index in [1.165, 1.54) is 11.1 Å². The number of nitrogens with zero attached hydrogens (tertiary/aromatic N) is 2. The number of hydrogen-bond acceptors (Lipinski definition) is 5. The van der Waals surface area contributed by atoms with Gasteiger partial charge in [0.2, 0.25) is 0 Å². The number of hydrogen-bond donors (Lipinski definition) is 1. The molecule has 0 bridgehead atoms. The van der Waals surface area contributed by atoms with Gasteiger partial charge in [0.15, 0.2) is 11.5 Å². The van der Waals surface area contributed by atoms with Crippen molar-refractivity contribution in [3.05, 3.63) is 83.2 Å². The number of carbonyl (C=O) groups is 1. The van der Waals surface area contributed by atoms with Gasteiger partial charge in [0.05, 0.1) is 31.8 Å². The van der Waals surface area contributed by atoms with Crippen molar-refractivity contribution in [3.63, 3.8) is 0 Å². The van der Waals surface area contributed by atoms with Crippen molar-refractivity contribution in [1.29, 1.82) is 0 Å². The summed E-state index contributed by atoms with van der Waals surface area (Å²) in [5, 5.41) is 3.01. The van der Waals surface area contributed by atoms with Crippen molar-refractivity contribution >= 4 is 16.9 Å². The zero-order chi connectivity index (χ0) is 28.5. The number of aromatic nitrogens is 2. The summed E-state index contributed by atoms with van der Waals surface area (Å²) in [5.74, 6) is 3.49. The first-order chi connectivity index (χ1) is 19.4. The van der Waals surface area contributed by atoms with Crippen LogP contribution < -0.4 is 19.5 Å². The molecule has 1 heterocycles. The second-order valence-corrected chi connectivity index (χ2v) is 10.3. The molecule has 0 fully saturated rings. The van der Waals surface area contributed by atoms with E-state index in [0.29, 0.717) is 36.1 Å². The van der Waals surface area contributed by atoms with Crippen molar-refractivity contribution in [3.8, 4) is 17.2 Å². The molecule has 0 aliphatic rings. The Morgan fingerprint density at radius 2 is 1.73 bits per heavy atom. The lowest BCUT2D eigenvalue weighted by Crippen LogP contribution is -2.24. The molecule has 0 spiro atoms. The molecule has 0 saturated heterocycles. The summed E-state index contributed by atoms with van der Waals surface area (Å²) in [6.45, 7) is 8.43. The summed E-state index contributed by atoms with van der Waals surface area (Å²) in [6.07, 6.45) is 3.76. The Morgan fingerprint density at radius 1 is 0.925 bits per heavy atom. The van der Waals surface area contributed by atoms with Gasteiger partial charge in [-0.3, -0.25) is 4.79 Å². The minimum atomic E-state index is -0.114. The third kappa shape index (κ3) is 7.14. The first-order valence-corrected chi connectivity index (χ1v) is 14.1. The molecule has 4 rings (SSSR count). The number of aryl methyl sites for hydroxylation is 2. The molecule has 40 heavy (non-hydrogen) atoms. The van der Waals surface area contributed by atoms with Gasteiger partial charge in [-0.2, -0.15) is 0 Å². The normalized spacial score (nSPS) is 11.2. The molecular formula is C33H41N3O4. The minimum Gasteiger partial charge on any atom is -0.493 e. The molecule has 0 aliphatic heterocycles. The number of methoxy groups -OCH3 is 2. The van der Waals surface area contributed by atoms with E-state index in [9.17, 15) is 4.79 Å². The monoisotopic (exact) mass is 543 g/mol. The molecule has 1 aromatic heterocycles. The van der Waals surface area contributed by atoms with Crippen LogP contribution in [0.5, 0.6) is 17.2 Å². The average molecular weight is 544 g/mol. The van der Waals surface area contributed by atoms with Crippen molar-refractivity contribution in [2.75, 3.05) is 27.4 Å². The number of fused-ring (bicyclic) bond motifs is 1. The molecule has 4 aromatic rings. The lowest BCUT2D eigenvalue weighted by Gasteiger charge is -2.16. The van der Waals surface area contributed by atoms with E-state index in [0.717, 1.165) is 54.8 Å². The Labute approximate surface area is 237 Å². The molecule has 3 aromatic carbocycles. The fourth-order valence-corrected chi connectivity index (χ4v) is 4.92. The van der Waals surface area contributed by atoms with Crippen LogP contribution >= 0.6 is 0 Å². The van der Waals surface area contributed by atoms with E-state index in [4.69, 9.17) is 19.2 Å². The number of carbonyl (C=O) groups excluding carboxylic acids is 1. The standard InChI is InChI=1S/C33H41N3O4/c1-23(2)26-16-14-24(3)21-30(26)40-20-19-36-28-12-9-8-11-27(28)35-32(36)13-7-6-10-18-34-33(37)25-15-17-29(38-4)31(22-25)39-5/h8-9,11-12,14-17,21-23H,6-7,10,13,18-20H2,1-5H3,(H,34,37). The molecule has 7 nitrogen and oxygen atoms in total. The van der Waals surface area contributed by atoms with Gasteiger partial charge in [0.25, 0.3) is 5.91 Å². The quantitative estimate of drug-likeness (QED) is 0.179. The molecule has 0 radical (unpaired) electrons. The summed E-state index contributed by atoms with van der Waals surface area (Å²) in [4.78, 5) is 17.5. The van der Waals surface area contributed by atoms with Crippen LogP contribution in [0.4, 0.5) is 0 Å². The Morgan fingerprint density at radius 3 is 2.50 bits per heavy atom. The van der Waals surface area contributed by atoms with E-state index in [2.05, 4.69) is 67.1 Å². The van der Waals surface area contributed by atoms with Crippen LogP contribution in [0, 0.1) is 6.92 Å². The number of ether oxygens (including phenoxy) is 3. The third-order valence-corrected chi connectivity index (χ3v) is 7.11. The third-order valence-electron chi connectivity index (χ3n) is 7.11. The number of nitrogens with one attached hydrogen (secondary N) is 1. The van der Waals surface area contributed by atoms with Gasteiger partial charge >= 0.3 is 0 Å². The molecule has 1 N–H and O–H groups in total. The molecule has 7 heteroatoms. The largest absolute Gasteiger partial charge is 0.493 e. The summed E-state index contributed by atoms with van der Waals surface area (Å²) in [5.41, 5.74) is 5.14. The SMILES string of the molecule is COc1ccc(C(=O)NCCCCCc2nc3ccccc3n2CCOc2cc(C)ccc2C(C)C)cc1OC. The molecule has 0 unspecified atom stereocenters. The van der Waals surface area contributed by atoms with Gasteiger partial charge in [-0.05, 0) is 73.2 Å². The summed E-state index contributed by atoms with van der Waals surface area (Å²) < 4.78 is 19.1. The Bertz CT molecular complexity index is 1430. The fraction of sp³-hybridized carbons (Fsp3) is 0.394. The summed E-state index contributed by atoms with van der Waals surface area (Å²) in [7, 11) is 3.14. The topological polar surface area (TPSA) is 74.6 Å². The lowest BCUT2D eigenvalue weighted by molar-refractivity contribution is 0.0952. The van der Waals surface area contributed by atoms with Gasteiger partial charge in [-0.15, -0.1) is 0 Å². The van der Waals surface area contributed by atoms with E-state index in [1.54, 1.807) is 32.4 Å². The fourth-order valence-electron chi connectivity index (χ4n) is 4.92. The molecular weight excluding hydrogens is 502 g/mol. The molecule has 0 aliphatic carbocycles. The van der Waals surface area contributed by atoms with Crippen LogP contribution in [-0.4, -0.2) is 42.8 Å². The highest BCUT2D eigenvalue weighted by Crippen LogP contribution is 2.28. The van der Waals surface area contributed by atoms with Crippen LogP contribution in [0.15, 0.2) is 60.7 Å². The Hall–Kier alpha value is -4.00. The number of benzene rings is 3. The van der Waals surface area contributed by atoms with E-state index < -0.39 is 0 Å². The molecule has 0 saturated carbocycles. The zero-order valence-corrected chi connectivity index (χ0v) is 24.3. The maximum Gasteiger partial charge on any atom is 0.251 e. The first kappa shape index (κ1) is 29.0. The van der Waals surface area contributed by atoms with E-state index >= 15 is 0 Å². The van der Waals surface area contributed by atoms with Gasteiger partial charge in [0, 0.05) is 18.5 Å². The van der Waals surface area contributed by atoms with E-state index in [-0.39, 0.29) is 5.91 Å². The molecule has 0 atom stereocenters. The Balaban J connectivity index is 1.30. The van der Waals surface area contributed by atoms with Crippen molar-refractivity contribution in [2.24, 2.45) is 0 Å². The van der Waals surface area contributed by atoms with Crippen LogP contribution in [0.25, 0.3) is 11.0 Å². The van der Waals surface area contributed by atoms with Crippen molar-refractivity contribution in [1.82, 2.24) is 14.9 Å². The first-order valence-electron chi connectivity index (χ1n) is 14.1. The maximum absolute atomic E-state index is 12.6. The Kier molecular flexibility index (Phi) is 10.1. The van der Waals surface area contributed by atoms with Crippen LogP contribution in [-0.2, 0) is 13.0 Å². The van der Waals surface area contributed by atoms with Crippen molar-refractivity contribution < 1.29 is 19.0 Å². The van der Waals surface area contributed by atoms with Crippen molar-refractivity contribution in [2.45, 2.75) is 58.9 Å². The number of para-hydroxylation sites is 2. The maximum atomic E-state index is 12.6. The highest BCUT2D eigenvalue weighted by molar-refractivity contribution is 5.94. The van der Waals surface area contributed by atoms with Gasteiger partial charge in [-0.1, -0.05) is 44.5 Å². The molecule has 212 valence electrons. The van der Waals surface area contributed by atoms with Gasteiger partial charge in [-0.25, -0.2) is 4.98 Å². The second-order valence-electron chi connectivity index (χ2n) is 10.3. The molecule has 1 amide bonds. The van der Waals surface area contributed by atoms with Crippen LogP contribution in [0.1, 0.15) is 66.3 Å². The number of unbranched alkanes of at least 4 members (excludes halogenated alkanes) is 2. The summed E-state index contributed by atoms with van der Waals surface area (Å²) in [6, 6.07) is 19.9. The highest BCUT2D eigenvalue weighted by atomic mass is 16.5. The number of imidazole rings is 1. The van der Waals surface area contributed by atoms with Gasteiger partial charge < -0.3 is 24.1 Å². The predicted octanol–water partition coefficient (Wildman–Crippen LogP) is 6.71. The second kappa shape index (κ2) is 13.9. The van der Waals surface area contributed by atoms with Crippen LogP contribution in [0.3, 0.4) is 0 Å². The van der Waals surface area contributed by atoms with E-state index in [1.807, 2.05) is 6.07 Å². The smallest absolute Gasteiger partial charge is 0.251 e. The highest BCUT2D eigenvalue weighted by Gasteiger charge is 2.13. The predicted molar refractivity (Wildman–Crippen MR) is 160 cm³/mol. The lowest BCUT2D eigenvalue weighted by atomic mass is 10.0. The minimum absolute atomic E-state index is 0.114. The van der Waals surface area contributed by atoms with Crippen LogP contribution in [0.2, 0.25) is 0 Å². The number of rotatable bonds is 14.